The summed E-state index contributed by atoms with van der Waals surface area (Å²) in [7, 11) is 0. The van der Waals surface area contributed by atoms with E-state index in [0.717, 1.165) is 4.88 Å². The average Bonchev–Trinajstić information content (AvgIpc) is 2.65. The summed E-state index contributed by atoms with van der Waals surface area (Å²) in [5.41, 5.74) is -0.636. The van der Waals surface area contributed by atoms with Gasteiger partial charge in [-0.05, 0) is 32.2 Å². The van der Waals surface area contributed by atoms with Crippen molar-refractivity contribution in [3.8, 4) is 0 Å². The third kappa shape index (κ3) is 5.18. The first-order valence-electron chi connectivity index (χ1n) is 5.50. The van der Waals surface area contributed by atoms with Crippen molar-refractivity contribution in [2.24, 2.45) is 0 Å². The molecular formula is C12H17NO4S. The molecule has 0 spiro atoms. The number of hydrogen-bond acceptors (Lipinski definition) is 4. The Kier molecular flexibility index (Phi) is 4.72. The van der Waals surface area contributed by atoms with Crippen LogP contribution in [-0.4, -0.2) is 34.2 Å². The number of ether oxygens (including phenoxy) is 1. The van der Waals surface area contributed by atoms with E-state index in [-0.39, 0.29) is 13.1 Å². The molecule has 0 aliphatic heterocycles. The van der Waals surface area contributed by atoms with Gasteiger partial charge in [0.05, 0.1) is 6.54 Å². The number of carbonyl (C=O) groups is 2. The third-order valence-corrected chi connectivity index (χ3v) is 2.77. The van der Waals surface area contributed by atoms with E-state index in [1.807, 2.05) is 17.5 Å². The number of carbonyl (C=O) groups excluding carboxylic acids is 1. The van der Waals surface area contributed by atoms with Crippen molar-refractivity contribution in [3.63, 3.8) is 0 Å². The summed E-state index contributed by atoms with van der Waals surface area (Å²) in [5, 5.41) is 10.7. The van der Waals surface area contributed by atoms with Crippen LogP contribution in [0.3, 0.4) is 0 Å². The lowest BCUT2D eigenvalue weighted by Crippen LogP contribution is -2.39. The fourth-order valence-corrected chi connectivity index (χ4v) is 1.98. The van der Waals surface area contributed by atoms with Crippen LogP contribution in [0.5, 0.6) is 0 Å². The van der Waals surface area contributed by atoms with Crippen LogP contribution in [0.4, 0.5) is 4.79 Å². The molecule has 18 heavy (non-hydrogen) atoms. The number of carboxylic acids is 1. The molecule has 0 aromatic carbocycles. The number of carboxylic acid groups (broad SMARTS) is 1. The van der Waals surface area contributed by atoms with E-state index in [2.05, 4.69) is 0 Å². The zero-order valence-corrected chi connectivity index (χ0v) is 11.5. The van der Waals surface area contributed by atoms with Crippen LogP contribution < -0.4 is 0 Å². The molecule has 0 bridgehead atoms. The Balaban J connectivity index is 2.71. The van der Waals surface area contributed by atoms with E-state index in [1.54, 1.807) is 20.8 Å². The van der Waals surface area contributed by atoms with Gasteiger partial charge in [0.2, 0.25) is 0 Å². The van der Waals surface area contributed by atoms with Gasteiger partial charge < -0.3 is 9.84 Å². The zero-order valence-electron chi connectivity index (χ0n) is 10.7. The van der Waals surface area contributed by atoms with Gasteiger partial charge in [0.1, 0.15) is 12.1 Å². The van der Waals surface area contributed by atoms with Gasteiger partial charge in [-0.3, -0.25) is 9.69 Å². The van der Waals surface area contributed by atoms with Gasteiger partial charge in [-0.2, -0.15) is 0 Å². The van der Waals surface area contributed by atoms with Gasteiger partial charge in [-0.1, -0.05) is 6.07 Å². The molecule has 1 amide bonds. The number of amides is 1. The smallest absolute Gasteiger partial charge is 0.411 e. The molecular weight excluding hydrogens is 254 g/mol. The van der Waals surface area contributed by atoms with Crippen LogP contribution in [0.2, 0.25) is 0 Å². The maximum absolute atomic E-state index is 11.9. The van der Waals surface area contributed by atoms with Gasteiger partial charge in [0, 0.05) is 4.88 Å². The maximum atomic E-state index is 11.9. The Bertz CT molecular complexity index is 408. The standard InChI is InChI=1S/C12H17NO4S/c1-12(2,3)17-11(16)13(8-10(14)15)7-9-5-4-6-18-9/h4-6H,7-8H2,1-3H3,(H,14,15). The van der Waals surface area contributed by atoms with E-state index in [4.69, 9.17) is 9.84 Å². The molecule has 1 aromatic heterocycles. The van der Waals surface area contributed by atoms with Gasteiger partial charge in [0.15, 0.2) is 0 Å². The Morgan fingerprint density at radius 1 is 1.44 bits per heavy atom. The Labute approximate surface area is 110 Å². The van der Waals surface area contributed by atoms with Crippen molar-refractivity contribution in [3.05, 3.63) is 22.4 Å². The second-order valence-corrected chi connectivity index (χ2v) is 5.84. The monoisotopic (exact) mass is 271 g/mol. The fraction of sp³-hybridized carbons (Fsp3) is 0.500. The number of thiophene rings is 1. The molecule has 0 saturated carbocycles. The Morgan fingerprint density at radius 2 is 2.11 bits per heavy atom. The molecule has 0 aliphatic carbocycles. The fourth-order valence-electron chi connectivity index (χ4n) is 1.27. The summed E-state index contributed by atoms with van der Waals surface area (Å²) >= 11 is 1.47. The Morgan fingerprint density at radius 3 is 2.56 bits per heavy atom. The first-order chi connectivity index (χ1) is 8.28. The van der Waals surface area contributed by atoms with Crippen molar-refractivity contribution in [2.45, 2.75) is 32.9 Å². The highest BCUT2D eigenvalue weighted by Gasteiger charge is 2.24. The molecule has 1 aromatic rings. The zero-order chi connectivity index (χ0) is 13.8. The van der Waals surface area contributed by atoms with E-state index in [1.165, 1.54) is 16.2 Å². The second kappa shape index (κ2) is 5.86. The molecule has 1 heterocycles. The summed E-state index contributed by atoms with van der Waals surface area (Å²) in [4.78, 5) is 24.7. The minimum atomic E-state index is -1.06. The number of nitrogens with zero attached hydrogens (tertiary/aromatic N) is 1. The lowest BCUT2D eigenvalue weighted by atomic mass is 10.2. The molecule has 0 atom stereocenters. The maximum Gasteiger partial charge on any atom is 0.411 e. The van der Waals surface area contributed by atoms with E-state index < -0.39 is 17.7 Å². The molecule has 100 valence electrons. The summed E-state index contributed by atoms with van der Waals surface area (Å²) < 4.78 is 5.18. The lowest BCUT2D eigenvalue weighted by Gasteiger charge is -2.26. The highest BCUT2D eigenvalue weighted by Crippen LogP contribution is 2.15. The van der Waals surface area contributed by atoms with Crippen LogP contribution in [0.15, 0.2) is 17.5 Å². The van der Waals surface area contributed by atoms with Gasteiger partial charge in [-0.15, -0.1) is 11.3 Å². The van der Waals surface area contributed by atoms with Crippen molar-refractivity contribution in [1.82, 2.24) is 4.90 Å². The average molecular weight is 271 g/mol. The summed E-state index contributed by atoms with van der Waals surface area (Å²) in [5.74, 6) is -1.06. The van der Waals surface area contributed by atoms with Crippen LogP contribution in [0, 0.1) is 0 Å². The molecule has 0 aliphatic rings. The second-order valence-electron chi connectivity index (χ2n) is 4.81. The van der Waals surface area contributed by atoms with Gasteiger partial charge in [-0.25, -0.2) is 4.79 Å². The topological polar surface area (TPSA) is 66.8 Å². The molecule has 0 saturated heterocycles. The first-order valence-corrected chi connectivity index (χ1v) is 6.38. The van der Waals surface area contributed by atoms with Crippen molar-refractivity contribution in [2.75, 3.05) is 6.54 Å². The number of aliphatic carboxylic acids is 1. The minimum absolute atomic E-state index is 0.249. The predicted octanol–water partition coefficient (Wildman–Crippen LogP) is 2.57. The van der Waals surface area contributed by atoms with Gasteiger partial charge in [0.25, 0.3) is 0 Å². The van der Waals surface area contributed by atoms with Crippen LogP contribution in [0.25, 0.3) is 0 Å². The summed E-state index contributed by atoms with van der Waals surface area (Å²) in [6, 6.07) is 3.71. The Hall–Kier alpha value is -1.56. The highest BCUT2D eigenvalue weighted by molar-refractivity contribution is 7.09. The van der Waals surface area contributed by atoms with Crippen molar-refractivity contribution >= 4 is 23.4 Å². The number of hydrogen-bond donors (Lipinski definition) is 1. The normalized spacial score (nSPS) is 11.1. The highest BCUT2D eigenvalue weighted by atomic mass is 32.1. The van der Waals surface area contributed by atoms with E-state index in [0.29, 0.717) is 0 Å². The summed E-state index contributed by atoms with van der Waals surface area (Å²) in [6.07, 6.45) is -0.613. The predicted molar refractivity (Wildman–Crippen MR) is 68.6 cm³/mol. The third-order valence-electron chi connectivity index (χ3n) is 1.90. The van der Waals surface area contributed by atoms with Crippen LogP contribution >= 0.6 is 11.3 Å². The first kappa shape index (κ1) is 14.5. The molecule has 6 heteroatoms. The van der Waals surface area contributed by atoms with Crippen molar-refractivity contribution < 1.29 is 19.4 Å². The summed E-state index contributed by atoms with van der Waals surface area (Å²) in [6.45, 7) is 5.12. The molecule has 1 rings (SSSR count). The lowest BCUT2D eigenvalue weighted by molar-refractivity contribution is -0.138. The van der Waals surface area contributed by atoms with Crippen LogP contribution in [0.1, 0.15) is 25.6 Å². The molecule has 0 radical (unpaired) electrons. The quantitative estimate of drug-likeness (QED) is 0.914. The van der Waals surface area contributed by atoms with Crippen LogP contribution in [-0.2, 0) is 16.1 Å². The van der Waals surface area contributed by atoms with E-state index >= 15 is 0 Å². The molecule has 1 N–H and O–H groups in total. The number of rotatable bonds is 4. The minimum Gasteiger partial charge on any atom is -0.480 e. The molecule has 5 nitrogen and oxygen atoms in total. The molecule has 0 fully saturated rings. The van der Waals surface area contributed by atoms with Gasteiger partial charge >= 0.3 is 12.1 Å². The largest absolute Gasteiger partial charge is 0.480 e. The molecule has 0 unspecified atom stereocenters. The SMILES string of the molecule is CC(C)(C)OC(=O)N(CC(=O)O)Cc1cccs1. The van der Waals surface area contributed by atoms with Crippen molar-refractivity contribution in [1.29, 1.82) is 0 Å². The van der Waals surface area contributed by atoms with E-state index in [9.17, 15) is 9.59 Å².